The van der Waals surface area contributed by atoms with E-state index in [-0.39, 0.29) is 17.2 Å². The second-order valence-corrected chi connectivity index (χ2v) is 11.4. The van der Waals surface area contributed by atoms with Crippen LogP contribution in [0.3, 0.4) is 0 Å². The molecule has 1 unspecified atom stereocenters. The molecule has 4 rings (SSSR count). The van der Waals surface area contributed by atoms with E-state index in [1.54, 1.807) is 7.11 Å². The van der Waals surface area contributed by atoms with Crippen LogP contribution in [0.1, 0.15) is 69.2 Å². The first-order valence-corrected chi connectivity index (χ1v) is 13.2. The third-order valence-electron chi connectivity index (χ3n) is 6.98. The number of nitrogens with one attached hydrogen (secondary N) is 1. The van der Waals surface area contributed by atoms with E-state index < -0.39 is 0 Å². The molecule has 0 bridgehead atoms. The molecular formula is C33H40N2O2. The van der Waals surface area contributed by atoms with Crippen molar-refractivity contribution in [2.45, 2.75) is 58.9 Å². The predicted molar refractivity (Wildman–Crippen MR) is 153 cm³/mol. The van der Waals surface area contributed by atoms with Gasteiger partial charge in [0.25, 0.3) is 0 Å². The average molecular weight is 497 g/mol. The Hall–Kier alpha value is -3.53. The minimum absolute atomic E-state index is 0.0387. The first-order valence-electron chi connectivity index (χ1n) is 13.2. The normalized spacial score (nSPS) is 12.6. The number of para-hydroxylation sites is 1. The maximum atomic E-state index is 13.1. The fourth-order valence-corrected chi connectivity index (χ4v) is 4.81. The maximum Gasteiger partial charge on any atom is 0.220 e. The minimum Gasteiger partial charge on any atom is -0.497 e. The predicted octanol–water partition coefficient (Wildman–Crippen LogP) is 7.29. The van der Waals surface area contributed by atoms with E-state index in [2.05, 4.69) is 111 Å². The van der Waals surface area contributed by atoms with Gasteiger partial charge in [-0.25, -0.2) is 0 Å². The van der Waals surface area contributed by atoms with Gasteiger partial charge in [0.1, 0.15) is 5.75 Å². The molecule has 3 aromatic carbocycles. The quantitative estimate of drug-likeness (QED) is 0.264. The summed E-state index contributed by atoms with van der Waals surface area (Å²) in [6.07, 6.45) is 2.66. The van der Waals surface area contributed by atoms with Crippen LogP contribution < -0.4 is 10.1 Å². The molecule has 1 heterocycles. The molecule has 37 heavy (non-hydrogen) atoms. The van der Waals surface area contributed by atoms with Gasteiger partial charge in [-0.15, -0.1) is 0 Å². The topological polar surface area (TPSA) is 43.3 Å². The Labute approximate surface area is 221 Å². The van der Waals surface area contributed by atoms with Crippen molar-refractivity contribution in [1.29, 1.82) is 0 Å². The lowest BCUT2D eigenvalue weighted by Crippen LogP contribution is -2.28. The zero-order valence-electron chi connectivity index (χ0n) is 23.0. The second kappa shape index (κ2) is 11.2. The fourth-order valence-electron chi connectivity index (χ4n) is 4.81. The van der Waals surface area contributed by atoms with Crippen LogP contribution in [-0.2, 0) is 16.8 Å². The zero-order chi connectivity index (χ0) is 26.6. The van der Waals surface area contributed by atoms with Crippen LogP contribution >= 0.6 is 0 Å². The Kier molecular flexibility index (Phi) is 8.06. The summed E-state index contributed by atoms with van der Waals surface area (Å²) in [7, 11) is 1.69. The van der Waals surface area contributed by atoms with Crippen molar-refractivity contribution in [1.82, 2.24) is 9.88 Å². The lowest BCUT2D eigenvalue weighted by Gasteiger charge is -2.22. The van der Waals surface area contributed by atoms with E-state index in [4.69, 9.17) is 4.74 Å². The Morgan fingerprint density at radius 1 is 0.946 bits per heavy atom. The van der Waals surface area contributed by atoms with Crippen LogP contribution in [0.15, 0.2) is 79.0 Å². The van der Waals surface area contributed by atoms with Gasteiger partial charge in [0.05, 0.1) is 7.11 Å². The molecule has 1 N–H and O–H groups in total. The molecule has 0 spiro atoms. The summed E-state index contributed by atoms with van der Waals surface area (Å²) in [6, 6.07) is 25.6. The molecular weight excluding hydrogens is 456 g/mol. The van der Waals surface area contributed by atoms with Gasteiger partial charge in [-0.3, -0.25) is 4.79 Å². The highest BCUT2D eigenvalue weighted by Gasteiger charge is 2.24. The molecule has 0 aliphatic rings. The molecule has 0 fully saturated rings. The third-order valence-corrected chi connectivity index (χ3v) is 6.98. The van der Waals surface area contributed by atoms with Crippen LogP contribution in [0.25, 0.3) is 10.9 Å². The second-order valence-electron chi connectivity index (χ2n) is 11.4. The third kappa shape index (κ3) is 6.43. The van der Waals surface area contributed by atoms with Gasteiger partial charge in [-0.1, -0.05) is 89.2 Å². The summed E-state index contributed by atoms with van der Waals surface area (Å²) < 4.78 is 7.63. The number of ether oxygens (including phenoxy) is 1. The van der Waals surface area contributed by atoms with Crippen molar-refractivity contribution >= 4 is 16.8 Å². The smallest absolute Gasteiger partial charge is 0.220 e. The van der Waals surface area contributed by atoms with Crippen LogP contribution in [0.2, 0.25) is 0 Å². The number of carbonyl (C=O) groups is 1. The van der Waals surface area contributed by atoms with E-state index >= 15 is 0 Å². The minimum atomic E-state index is -0.0387. The zero-order valence-corrected chi connectivity index (χ0v) is 23.0. The first-order chi connectivity index (χ1) is 17.7. The van der Waals surface area contributed by atoms with Crippen molar-refractivity contribution in [2.24, 2.45) is 5.92 Å². The molecule has 4 aromatic rings. The number of amides is 1. The number of hydrogen-bond acceptors (Lipinski definition) is 2. The number of nitrogens with zero attached hydrogens (tertiary/aromatic N) is 1. The van der Waals surface area contributed by atoms with E-state index in [0.717, 1.165) is 12.3 Å². The molecule has 4 heteroatoms. The number of hydrogen-bond donors (Lipinski definition) is 1. The summed E-state index contributed by atoms with van der Waals surface area (Å²) in [5.41, 5.74) is 6.10. The van der Waals surface area contributed by atoms with Crippen molar-refractivity contribution in [3.8, 4) is 5.75 Å². The number of aromatic nitrogens is 1. The molecule has 0 saturated carbocycles. The standard InChI is InChI=1S/C33H40N2O2/c1-23(2)20-34-32(36)19-29(25-13-15-26(16-14-25)33(3,4)5)30-22-35(31-10-8-7-9-28(30)31)21-24-11-17-27(37-6)18-12-24/h7-18,22-23,29H,19-21H2,1-6H3,(H,34,36). The average Bonchev–Trinajstić information content (AvgIpc) is 3.24. The molecule has 0 radical (unpaired) electrons. The maximum absolute atomic E-state index is 13.1. The summed E-state index contributed by atoms with van der Waals surface area (Å²) in [5, 5.41) is 4.33. The Morgan fingerprint density at radius 2 is 1.62 bits per heavy atom. The summed E-state index contributed by atoms with van der Waals surface area (Å²) >= 11 is 0. The highest BCUT2D eigenvalue weighted by molar-refractivity contribution is 5.86. The van der Waals surface area contributed by atoms with E-state index in [1.807, 2.05) is 12.1 Å². The summed E-state index contributed by atoms with van der Waals surface area (Å²) in [4.78, 5) is 13.1. The van der Waals surface area contributed by atoms with Crippen molar-refractivity contribution in [3.63, 3.8) is 0 Å². The van der Waals surface area contributed by atoms with Crippen LogP contribution in [0, 0.1) is 5.92 Å². The molecule has 194 valence electrons. The molecule has 0 aliphatic heterocycles. The van der Waals surface area contributed by atoms with Crippen molar-refractivity contribution < 1.29 is 9.53 Å². The number of rotatable bonds is 9. The molecule has 0 saturated heterocycles. The Balaban J connectivity index is 1.75. The van der Waals surface area contributed by atoms with E-state index in [1.165, 1.54) is 33.2 Å². The van der Waals surface area contributed by atoms with Gasteiger partial charge in [-0.2, -0.15) is 0 Å². The lowest BCUT2D eigenvalue weighted by molar-refractivity contribution is -0.121. The van der Waals surface area contributed by atoms with Gasteiger partial charge >= 0.3 is 0 Å². The van der Waals surface area contributed by atoms with E-state index in [9.17, 15) is 4.79 Å². The van der Waals surface area contributed by atoms with Crippen LogP contribution in [0.5, 0.6) is 5.75 Å². The largest absolute Gasteiger partial charge is 0.497 e. The van der Waals surface area contributed by atoms with Gasteiger partial charge in [0, 0.05) is 42.5 Å². The molecule has 0 aliphatic carbocycles. The van der Waals surface area contributed by atoms with Gasteiger partial charge in [0.15, 0.2) is 0 Å². The SMILES string of the molecule is COc1ccc(Cn2cc(C(CC(=O)NCC(C)C)c3ccc(C(C)(C)C)cc3)c3ccccc32)cc1. The summed E-state index contributed by atoms with van der Waals surface area (Å²) in [6.45, 7) is 12.4. The Bertz CT molecular complexity index is 1330. The summed E-state index contributed by atoms with van der Waals surface area (Å²) in [5.74, 6) is 1.32. The van der Waals surface area contributed by atoms with Gasteiger partial charge in [0.2, 0.25) is 5.91 Å². The van der Waals surface area contributed by atoms with Gasteiger partial charge in [-0.05, 0) is 51.8 Å². The molecule has 1 aromatic heterocycles. The fraction of sp³-hybridized carbons (Fsp3) is 0.364. The molecule has 4 nitrogen and oxygen atoms in total. The lowest BCUT2D eigenvalue weighted by atomic mass is 9.83. The van der Waals surface area contributed by atoms with Gasteiger partial charge < -0.3 is 14.6 Å². The number of fused-ring (bicyclic) bond motifs is 1. The highest BCUT2D eigenvalue weighted by atomic mass is 16.5. The number of benzene rings is 3. The monoisotopic (exact) mass is 496 g/mol. The highest BCUT2D eigenvalue weighted by Crippen LogP contribution is 2.36. The molecule has 1 atom stereocenters. The Morgan fingerprint density at radius 3 is 2.24 bits per heavy atom. The van der Waals surface area contributed by atoms with E-state index in [0.29, 0.717) is 18.9 Å². The van der Waals surface area contributed by atoms with Crippen molar-refractivity contribution in [3.05, 3.63) is 101 Å². The van der Waals surface area contributed by atoms with Crippen LogP contribution in [-0.4, -0.2) is 24.1 Å². The van der Waals surface area contributed by atoms with Crippen molar-refractivity contribution in [2.75, 3.05) is 13.7 Å². The van der Waals surface area contributed by atoms with Crippen LogP contribution in [0.4, 0.5) is 0 Å². The first kappa shape index (κ1) is 26.5. The number of methoxy groups -OCH3 is 1. The number of carbonyl (C=O) groups excluding carboxylic acids is 1. The molecule has 1 amide bonds.